The van der Waals surface area contributed by atoms with Gasteiger partial charge in [-0.1, -0.05) is 48.5 Å². The number of carbonyl (C=O) groups is 3. The number of rotatable bonds is 4. The lowest BCUT2D eigenvalue weighted by Crippen LogP contribution is -2.53. The number of amides is 3. The van der Waals surface area contributed by atoms with E-state index in [4.69, 9.17) is 4.74 Å². The fourth-order valence-corrected chi connectivity index (χ4v) is 5.79. The lowest BCUT2D eigenvalue weighted by atomic mass is 9.76. The summed E-state index contributed by atoms with van der Waals surface area (Å²) in [4.78, 5) is 42.5. The number of fused-ring (bicyclic) bond motifs is 4. The maximum atomic E-state index is 13.9. The summed E-state index contributed by atoms with van der Waals surface area (Å²) in [6, 6.07) is 23.6. The van der Waals surface area contributed by atoms with E-state index in [2.05, 4.69) is 10.6 Å². The van der Waals surface area contributed by atoms with Crippen LogP contribution in [-0.2, 0) is 26.3 Å². The third-order valence-electron chi connectivity index (χ3n) is 7.25. The minimum atomic E-state index is -1.30. The number of para-hydroxylation sites is 1. The molecule has 3 aromatic carbocycles. The van der Waals surface area contributed by atoms with Gasteiger partial charge < -0.3 is 10.1 Å². The Morgan fingerprint density at radius 1 is 0.882 bits per heavy atom. The van der Waals surface area contributed by atoms with Gasteiger partial charge in [0.1, 0.15) is 11.3 Å². The Hall–Kier alpha value is -3.97. The second-order valence-corrected chi connectivity index (χ2v) is 8.96. The summed E-state index contributed by atoms with van der Waals surface area (Å²) < 4.78 is 5.22. The summed E-state index contributed by atoms with van der Waals surface area (Å²) in [7, 11) is 1.56. The van der Waals surface area contributed by atoms with Crippen LogP contribution >= 0.6 is 0 Å². The van der Waals surface area contributed by atoms with E-state index in [1.807, 2.05) is 54.6 Å². The Kier molecular flexibility index (Phi) is 4.57. The van der Waals surface area contributed by atoms with E-state index >= 15 is 0 Å². The zero-order valence-corrected chi connectivity index (χ0v) is 18.5. The molecule has 0 aromatic heterocycles. The van der Waals surface area contributed by atoms with E-state index in [9.17, 15) is 14.4 Å². The second kappa shape index (κ2) is 7.53. The molecule has 0 saturated carbocycles. The van der Waals surface area contributed by atoms with E-state index in [1.54, 1.807) is 31.4 Å². The second-order valence-electron chi connectivity index (χ2n) is 8.96. The maximum Gasteiger partial charge on any atom is 0.250 e. The van der Waals surface area contributed by atoms with Gasteiger partial charge in [0.05, 0.1) is 24.6 Å². The fraction of sp³-hybridized carbons (Fsp3) is 0.222. The summed E-state index contributed by atoms with van der Waals surface area (Å²) in [5, 5.41) is 6.41. The van der Waals surface area contributed by atoms with Crippen LogP contribution in [0.2, 0.25) is 0 Å². The highest BCUT2D eigenvalue weighted by Gasteiger charge is 2.70. The van der Waals surface area contributed by atoms with Crippen molar-refractivity contribution in [3.63, 3.8) is 0 Å². The minimum absolute atomic E-state index is 0.289. The van der Waals surface area contributed by atoms with Crippen molar-refractivity contribution < 1.29 is 19.1 Å². The molecule has 0 radical (unpaired) electrons. The van der Waals surface area contributed by atoms with Crippen LogP contribution in [0.4, 0.5) is 11.4 Å². The number of nitrogens with zero attached hydrogens (tertiary/aromatic N) is 1. The number of imide groups is 1. The molecule has 3 amide bonds. The zero-order chi connectivity index (χ0) is 23.4. The fourth-order valence-electron chi connectivity index (χ4n) is 5.79. The van der Waals surface area contributed by atoms with Gasteiger partial charge in [0.2, 0.25) is 17.7 Å². The third-order valence-corrected chi connectivity index (χ3v) is 7.25. The molecule has 2 saturated heterocycles. The summed E-state index contributed by atoms with van der Waals surface area (Å²) in [5.74, 6) is -1.84. The Labute approximate surface area is 196 Å². The third kappa shape index (κ3) is 2.77. The number of methoxy groups -OCH3 is 1. The number of anilines is 2. The number of benzene rings is 3. The summed E-state index contributed by atoms with van der Waals surface area (Å²) in [6.07, 6.45) is 0.522. The molecule has 0 bridgehead atoms. The lowest BCUT2D eigenvalue weighted by molar-refractivity contribution is -0.130. The Morgan fingerprint density at radius 2 is 1.59 bits per heavy atom. The highest BCUT2D eigenvalue weighted by Crippen LogP contribution is 2.53. The maximum absolute atomic E-state index is 13.9. The quantitative estimate of drug-likeness (QED) is 0.594. The van der Waals surface area contributed by atoms with Crippen LogP contribution in [0, 0.1) is 11.8 Å². The van der Waals surface area contributed by atoms with Gasteiger partial charge in [-0.3, -0.25) is 19.7 Å². The molecule has 6 rings (SSSR count). The molecule has 4 atom stereocenters. The highest BCUT2D eigenvalue weighted by molar-refractivity contribution is 6.25. The highest BCUT2D eigenvalue weighted by atomic mass is 16.5. The van der Waals surface area contributed by atoms with Gasteiger partial charge in [-0.05, 0) is 42.3 Å². The van der Waals surface area contributed by atoms with Crippen LogP contribution < -0.4 is 20.3 Å². The molecular weight excluding hydrogens is 430 g/mol. The van der Waals surface area contributed by atoms with Gasteiger partial charge in [-0.15, -0.1) is 0 Å². The molecule has 7 heteroatoms. The summed E-state index contributed by atoms with van der Waals surface area (Å²) in [6.45, 7) is 0. The molecule has 0 aliphatic carbocycles. The standard InChI is InChI=1S/C27H23N3O4/c1-34-18-13-11-17(12-14-18)30-24(31)22-21(15-16-7-3-2-4-8-16)29-27(23(22)25(30)32)19-9-5-6-10-20(19)28-26(27)33/h2-14,21-23,29H,15H2,1H3,(H,28,33)/t21-,22-,23-,27-/m0/s1. The monoisotopic (exact) mass is 453 g/mol. The number of carbonyl (C=O) groups excluding carboxylic acids is 3. The average Bonchev–Trinajstić information content (AvgIpc) is 3.44. The van der Waals surface area contributed by atoms with Gasteiger partial charge in [0.15, 0.2) is 0 Å². The predicted molar refractivity (Wildman–Crippen MR) is 126 cm³/mol. The van der Waals surface area contributed by atoms with Crippen LogP contribution in [0.25, 0.3) is 0 Å². The molecule has 34 heavy (non-hydrogen) atoms. The topological polar surface area (TPSA) is 87.7 Å². The first-order valence-electron chi connectivity index (χ1n) is 11.3. The van der Waals surface area contributed by atoms with Crippen molar-refractivity contribution >= 4 is 29.1 Å². The van der Waals surface area contributed by atoms with Crippen molar-refractivity contribution in [2.75, 3.05) is 17.3 Å². The van der Waals surface area contributed by atoms with Crippen LogP contribution in [0.5, 0.6) is 5.75 Å². The van der Waals surface area contributed by atoms with Gasteiger partial charge in [-0.2, -0.15) is 0 Å². The van der Waals surface area contributed by atoms with Crippen LogP contribution in [0.3, 0.4) is 0 Å². The largest absolute Gasteiger partial charge is 0.497 e. The molecule has 3 aliphatic heterocycles. The Balaban J connectivity index is 1.48. The van der Waals surface area contributed by atoms with Crippen LogP contribution in [0.15, 0.2) is 78.9 Å². The molecular formula is C27H23N3O4. The van der Waals surface area contributed by atoms with Crippen molar-refractivity contribution in [1.82, 2.24) is 5.32 Å². The minimum Gasteiger partial charge on any atom is -0.497 e. The molecule has 3 heterocycles. The van der Waals surface area contributed by atoms with E-state index in [1.165, 1.54) is 4.90 Å². The number of nitrogens with one attached hydrogen (secondary N) is 2. The molecule has 3 aromatic rings. The summed E-state index contributed by atoms with van der Waals surface area (Å²) in [5.41, 5.74) is 1.59. The number of ether oxygens (including phenoxy) is 1. The summed E-state index contributed by atoms with van der Waals surface area (Å²) >= 11 is 0. The SMILES string of the molecule is COc1ccc(N2C(=O)[C@H]3[C@H](Cc4ccccc4)N[C@]4(C(=O)Nc5ccccc54)[C@@H]3C2=O)cc1. The Bertz CT molecular complexity index is 1310. The van der Waals surface area contributed by atoms with Crippen molar-refractivity contribution in [2.24, 2.45) is 11.8 Å². The van der Waals surface area contributed by atoms with E-state index < -0.39 is 17.4 Å². The first-order chi connectivity index (χ1) is 16.5. The first kappa shape index (κ1) is 20.6. The molecule has 7 nitrogen and oxygen atoms in total. The molecule has 2 N–H and O–H groups in total. The van der Waals surface area contributed by atoms with Crippen molar-refractivity contribution in [2.45, 2.75) is 18.0 Å². The molecule has 2 fully saturated rings. The van der Waals surface area contributed by atoms with Gasteiger partial charge in [-0.25, -0.2) is 4.90 Å². The number of hydrogen-bond donors (Lipinski definition) is 2. The molecule has 3 aliphatic rings. The zero-order valence-electron chi connectivity index (χ0n) is 18.5. The number of hydrogen-bond acceptors (Lipinski definition) is 5. The van der Waals surface area contributed by atoms with E-state index in [0.29, 0.717) is 29.1 Å². The van der Waals surface area contributed by atoms with Crippen LogP contribution in [0.1, 0.15) is 11.1 Å². The first-order valence-corrected chi connectivity index (χ1v) is 11.3. The lowest BCUT2D eigenvalue weighted by Gasteiger charge is -2.29. The smallest absolute Gasteiger partial charge is 0.250 e. The van der Waals surface area contributed by atoms with Crippen LogP contribution in [-0.4, -0.2) is 30.9 Å². The molecule has 170 valence electrons. The van der Waals surface area contributed by atoms with Crippen molar-refractivity contribution in [3.05, 3.63) is 90.0 Å². The predicted octanol–water partition coefficient (Wildman–Crippen LogP) is 2.86. The molecule has 1 spiro atoms. The normalized spacial score (nSPS) is 27.1. The van der Waals surface area contributed by atoms with E-state index in [-0.39, 0.29) is 23.8 Å². The van der Waals surface area contributed by atoms with Crippen molar-refractivity contribution in [3.8, 4) is 5.75 Å². The molecule has 0 unspecified atom stereocenters. The van der Waals surface area contributed by atoms with Crippen molar-refractivity contribution in [1.29, 1.82) is 0 Å². The Morgan fingerprint density at radius 3 is 2.32 bits per heavy atom. The van der Waals surface area contributed by atoms with E-state index in [0.717, 1.165) is 5.56 Å². The average molecular weight is 453 g/mol. The van der Waals surface area contributed by atoms with Gasteiger partial charge >= 0.3 is 0 Å². The van der Waals surface area contributed by atoms with Gasteiger partial charge in [0.25, 0.3) is 0 Å². The van der Waals surface area contributed by atoms with Gasteiger partial charge in [0, 0.05) is 17.3 Å².